The van der Waals surface area contributed by atoms with Crippen LogP contribution in [0.5, 0.6) is 0 Å². The first-order valence-corrected chi connectivity index (χ1v) is 6.97. The van der Waals surface area contributed by atoms with Crippen LogP contribution in [0.1, 0.15) is 32.6 Å². The molecule has 1 saturated heterocycles. The average Bonchev–Trinajstić information content (AvgIpc) is 2.20. The molecule has 1 fully saturated rings. The second-order valence-corrected chi connectivity index (χ2v) is 5.60. The van der Waals surface area contributed by atoms with Gasteiger partial charge in [0.1, 0.15) is 0 Å². The number of nitrogens with one attached hydrogen (secondary N) is 1. The van der Waals surface area contributed by atoms with E-state index >= 15 is 0 Å². The van der Waals surface area contributed by atoms with E-state index in [2.05, 4.69) is 12.2 Å². The molecule has 0 saturated carbocycles. The number of rotatable bonds is 5. The van der Waals surface area contributed by atoms with Crippen molar-refractivity contribution in [1.82, 2.24) is 5.32 Å². The monoisotopic (exact) mass is 219 g/mol. The number of aliphatic hydroxyl groups excluding tert-OH is 1. The molecular weight excluding hydrogens is 198 g/mol. The third kappa shape index (κ3) is 4.07. The molecule has 0 spiro atoms. The van der Waals surface area contributed by atoms with Crippen molar-refractivity contribution in [3.63, 3.8) is 0 Å². The zero-order chi connectivity index (χ0) is 10.4. The maximum absolute atomic E-state index is 11.1. The number of aliphatic hydroxyl groups is 1. The molecule has 3 nitrogen and oxygen atoms in total. The topological polar surface area (TPSA) is 49.3 Å². The molecule has 1 atom stereocenters. The summed E-state index contributed by atoms with van der Waals surface area (Å²) in [6, 6.07) is 0.945. The first kappa shape index (κ1) is 12.1. The summed E-state index contributed by atoms with van der Waals surface area (Å²) in [5, 5.41) is 12.4. The highest BCUT2D eigenvalue weighted by atomic mass is 32.2. The van der Waals surface area contributed by atoms with E-state index in [1.54, 1.807) is 0 Å². The minimum Gasteiger partial charge on any atom is -0.396 e. The Morgan fingerprint density at radius 1 is 1.50 bits per heavy atom. The Morgan fingerprint density at radius 2 is 2.14 bits per heavy atom. The molecule has 1 aliphatic rings. The maximum atomic E-state index is 11.1. The zero-order valence-electron chi connectivity index (χ0n) is 8.87. The lowest BCUT2D eigenvalue weighted by Gasteiger charge is -2.27. The summed E-state index contributed by atoms with van der Waals surface area (Å²) in [6.45, 7) is 2.39. The van der Waals surface area contributed by atoms with Gasteiger partial charge in [0, 0.05) is 41.0 Å². The summed E-state index contributed by atoms with van der Waals surface area (Å²) in [4.78, 5) is 0. The van der Waals surface area contributed by atoms with Crippen molar-refractivity contribution in [2.24, 2.45) is 0 Å². The Bertz CT molecular complexity index is 177. The van der Waals surface area contributed by atoms with Gasteiger partial charge in [-0.15, -0.1) is 0 Å². The minimum atomic E-state index is -0.571. The van der Waals surface area contributed by atoms with E-state index in [0.717, 1.165) is 37.2 Å². The SMILES string of the molecule is CCC(CCO)NC1CCS(=O)CC1. The van der Waals surface area contributed by atoms with Crippen molar-refractivity contribution in [2.45, 2.75) is 44.7 Å². The van der Waals surface area contributed by atoms with Crippen molar-refractivity contribution in [2.75, 3.05) is 18.1 Å². The normalized spacial score (nSPS) is 30.1. The summed E-state index contributed by atoms with van der Waals surface area (Å²) in [5.74, 6) is 1.68. The van der Waals surface area contributed by atoms with Crippen molar-refractivity contribution < 1.29 is 9.32 Å². The Kier molecular flexibility index (Phi) is 5.67. The van der Waals surface area contributed by atoms with Crippen LogP contribution in [0.3, 0.4) is 0 Å². The fraction of sp³-hybridized carbons (Fsp3) is 1.00. The van der Waals surface area contributed by atoms with Gasteiger partial charge >= 0.3 is 0 Å². The molecule has 0 aromatic rings. The summed E-state index contributed by atoms with van der Waals surface area (Å²) in [5.41, 5.74) is 0. The molecule has 0 aliphatic carbocycles. The lowest BCUT2D eigenvalue weighted by atomic mass is 10.1. The van der Waals surface area contributed by atoms with Gasteiger partial charge in [-0.1, -0.05) is 6.92 Å². The van der Waals surface area contributed by atoms with E-state index in [1.165, 1.54) is 0 Å². The van der Waals surface area contributed by atoms with Gasteiger partial charge in [-0.25, -0.2) is 0 Å². The highest BCUT2D eigenvalue weighted by molar-refractivity contribution is 7.85. The summed E-state index contributed by atoms with van der Waals surface area (Å²) in [7, 11) is -0.571. The zero-order valence-corrected chi connectivity index (χ0v) is 9.68. The smallest absolute Gasteiger partial charge is 0.0445 e. The second-order valence-electron chi connectivity index (χ2n) is 3.91. The van der Waals surface area contributed by atoms with Crippen molar-refractivity contribution in [1.29, 1.82) is 0 Å². The molecule has 0 aromatic heterocycles. The van der Waals surface area contributed by atoms with Gasteiger partial charge < -0.3 is 10.4 Å². The number of hydrogen-bond donors (Lipinski definition) is 2. The summed E-state index contributed by atoms with van der Waals surface area (Å²) >= 11 is 0. The highest BCUT2D eigenvalue weighted by Gasteiger charge is 2.19. The van der Waals surface area contributed by atoms with Crippen LogP contribution in [-0.4, -0.2) is 39.5 Å². The quantitative estimate of drug-likeness (QED) is 0.714. The van der Waals surface area contributed by atoms with Gasteiger partial charge in [-0.2, -0.15) is 0 Å². The van der Waals surface area contributed by atoms with Gasteiger partial charge in [-0.05, 0) is 25.7 Å². The lowest BCUT2D eigenvalue weighted by Crippen LogP contribution is -2.42. The third-order valence-corrected chi connectivity index (χ3v) is 4.21. The molecule has 0 aromatic carbocycles. The van der Waals surface area contributed by atoms with Gasteiger partial charge in [0.05, 0.1) is 0 Å². The van der Waals surface area contributed by atoms with Crippen LogP contribution in [0.4, 0.5) is 0 Å². The van der Waals surface area contributed by atoms with Crippen LogP contribution in [0.15, 0.2) is 0 Å². The van der Waals surface area contributed by atoms with Crippen molar-refractivity contribution >= 4 is 10.8 Å². The molecule has 0 amide bonds. The molecule has 2 N–H and O–H groups in total. The Labute approximate surface area is 88.7 Å². The van der Waals surface area contributed by atoms with Crippen LogP contribution in [0.2, 0.25) is 0 Å². The average molecular weight is 219 g/mol. The van der Waals surface area contributed by atoms with Crippen LogP contribution < -0.4 is 5.32 Å². The molecule has 0 bridgehead atoms. The first-order chi connectivity index (χ1) is 6.76. The molecule has 4 heteroatoms. The minimum absolute atomic E-state index is 0.254. The van der Waals surface area contributed by atoms with Crippen LogP contribution in [0.25, 0.3) is 0 Å². The molecule has 1 heterocycles. The first-order valence-electron chi connectivity index (χ1n) is 5.48. The van der Waals surface area contributed by atoms with Crippen molar-refractivity contribution in [3.05, 3.63) is 0 Å². The van der Waals surface area contributed by atoms with Gasteiger partial charge in [0.15, 0.2) is 0 Å². The van der Waals surface area contributed by atoms with Gasteiger partial charge in [0.25, 0.3) is 0 Å². The van der Waals surface area contributed by atoms with E-state index in [1.807, 2.05) is 0 Å². The van der Waals surface area contributed by atoms with E-state index in [0.29, 0.717) is 12.1 Å². The largest absolute Gasteiger partial charge is 0.396 e. The van der Waals surface area contributed by atoms with Crippen LogP contribution in [0, 0.1) is 0 Å². The van der Waals surface area contributed by atoms with E-state index in [9.17, 15) is 4.21 Å². The molecule has 0 radical (unpaired) electrons. The van der Waals surface area contributed by atoms with E-state index in [4.69, 9.17) is 5.11 Å². The van der Waals surface area contributed by atoms with E-state index in [-0.39, 0.29) is 6.61 Å². The highest BCUT2D eigenvalue weighted by Crippen LogP contribution is 2.11. The third-order valence-electron chi connectivity index (χ3n) is 2.83. The summed E-state index contributed by atoms with van der Waals surface area (Å²) in [6.07, 6.45) is 3.93. The molecule has 1 aliphatic heterocycles. The fourth-order valence-electron chi connectivity index (χ4n) is 1.85. The fourth-order valence-corrected chi connectivity index (χ4v) is 3.15. The van der Waals surface area contributed by atoms with Crippen molar-refractivity contribution in [3.8, 4) is 0 Å². The standard InChI is InChI=1S/C10H21NO2S/c1-2-9(3-6-12)11-10-4-7-14(13)8-5-10/h9-12H,2-8H2,1H3. The Balaban J connectivity index is 2.24. The van der Waals surface area contributed by atoms with Crippen LogP contribution >= 0.6 is 0 Å². The van der Waals surface area contributed by atoms with Crippen LogP contribution in [-0.2, 0) is 10.8 Å². The molecule has 84 valence electrons. The van der Waals surface area contributed by atoms with Gasteiger partial charge in [-0.3, -0.25) is 4.21 Å². The molecule has 1 unspecified atom stereocenters. The molecule has 1 rings (SSSR count). The van der Waals surface area contributed by atoms with E-state index < -0.39 is 10.8 Å². The number of hydrogen-bond acceptors (Lipinski definition) is 3. The van der Waals surface area contributed by atoms with Gasteiger partial charge in [0.2, 0.25) is 0 Å². The summed E-state index contributed by atoms with van der Waals surface area (Å²) < 4.78 is 11.1. The molecular formula is C10H21NO2S. The lowest BCUT2D eigenvalue weighted by molar-refractivity contribution is 0.253. The Hall–Kier alpha value is 0.0700. The predicted molar refractivity (Wildman–Crippen MR) is 59.8 cm³/mol. The molecule has 14 heavy (non-hydrogen) atoms. The Morgan fingerprint density at radius 3 is 2.64 bits per heavy atom. The maximum Gasteiger partial charge on any atom is 0.0445 e. The second kappa shape index (κ2) is 6.53. The predicted octanol–water partition coefficient (Wildman–Crippen LogP) is 0.648.